The van der Waals surface area contributed by atoms with Gasteiger partial charge in [0.05, 0.1) is 15.8 Å². The van der Waals surface area contributed by atoms with Gasteiger partial charge in [-0.25, -0.2) is 22.2 Å². The Hall–Kier alpha value is -4.62. The highest BCUT2D eigenvalue weighted by atomic mass is 32.2. The Morgan fingerprint density at radius 2 is 1.88 bits per heavy atom. The number of benzene rings is 2. The Morgan fingerprint density at radius 1 is 1.07 bits per heavy atom. The van der Waals surface area contributed by atoms with E-state index in [9.17, 15) is 17.6 Å². The number of rotatable bonds is 8. The van der Waals surface area contributed by atoms with E-state index in [1.165, 1.54) is 16.8 Å². The van der Waals surface area contributed by atoms with Crippen molar-refractivity contribution in [1.29, 1.82) is 0 Å². The molecule has 0 radical (unpaired) electrons. The Morgan fingerprint density at radius 3 is 2.60 bits per heavy atom. The van der Waals surface area contributed by atoms with E-state index >= 15 is 4.39 Å². The normalized spacial score (nSPS) is 13.9. The number of piperazine rings is 1. The SMILES string of the molecule is Cc1cc(NC(=O)CS(=O)(=O)c2cn(Cc3cccc(-c4ccc(N5CCNCC5)nc4)c3)c3cc(F)cc(F)c23)no1. The van der Waals surface area contributed by atoms with Crippen molar-refractivity contribution in [2.75, 3.05) is 42.1 Å². The molecule has 0 saturated carbocycles. The molecule has 1 fully saturated rings. The first kappa shape index (κ1) is 28.5. The summed E-state index contributed by atoms with van der Waals surface area (Å²) in [5.41, 5.74) is 2.61. The molecule has 1 aliphatic heterocycles. The second kappa shape index (κ2) is 11.6. The lowest BCUT2D eigenvalue weighted by Gasteiger charge is -2.28. The predicted molar refractivity (Wildman–Crippen MR) is 158 cm³/mol. The summed E-state index contributed by atoms with van der Waals surface area (Å²) in [6, 6.07) is 14.7. The van der Waals surface area contributed by atoms with Gasteiger partial charge in [-0.2, -0.15) is 0 Å². The van der Waals surface area contributed by atoms with Crippen LogP contribution in [0.5, 0.6) is 0 Å². The van der Waals surface area contributed by atoms with Crippen LogP contribution in [0.4, 0.5) is 20.4 Å². The number of hydrogen-bond donors (Lipinski definition) is 2. The second-order valence-electron chi connectivity index (χ2n) is 10.4. The summed E-state index contributed by atoms with van der Waals surface area (Å²) in [5.74, 6) is -2.34. The topological polar surface area (TPSA) is 122 Å². The molecule has 0 bridgehead atoms. The monoisotopic (exact) mass is 606 g/mol. The number of carbonyl (C=O) groups is 1. The predicted octanol–water partition coefficient (Wildman–Crippen LogP) is 4.15. The molecule has 3 aromatic heterocycles. The molecule has 1 saturated heterocycles. The maximum atomic E-state index is 15.1. The van der Waals surface area contributed by atoms with Gasteiger partial charge in [0.15, 0.2) is 15.7 Å². The van der Waals surface area contributed by atoms with E-state index in [1.54, 1.807) is 6.92 Å². The summed E-state index contributed by atoms with van der Waals surface area (Å²) in [6.07, 6.45) is 3.05. The molecule has 0 unspecified atom stereocenters. The fraction of sp³-hybridized carbons (Fsp3) is 0.233. The van der Waals surface area contributed by atoms with E-state index in [4.69, 9.17) is 4.52 Å². The van der Waals surface area contributed by atoms with Gasteiger partial charge in [-0.15, -0.1) is 0 Å². The fourth-order valence-corrected chi connectivity index (χ4v) is 6.58. The lowest BCUT2D eigenvalue weighted by molar-refractivity contribution is -0.113. The van der Waals surface area contributed by atoms with Gasteiger partial charge in [0.25, 0.3) is 0 Å². The third-order valence-electron chi connectivity index (χ3n) is 7.22. The van der Waals surface area contributed by atoms with Gasteiger partial charge in [-0.3, -0.25) is 4.79 Å². The minimum atomic E-state index is -4.34. The number of nitrogens with one attached hydrogen (secondary N) is 2. The van der Waals surface area contributed by atoms with Crippen LogP contribution in [0.25, 0.3) is 22.0 Å². The molecule has 6 rings (SSSR count). The number of halogens is 2. The smallest absolute Gasteiger partial charge is 0.241 e. The number of aryl methyl sites for hydroxylation is 1. The van der Waals surface area contributed by atoms with Crippen LogP contribution >= 0.6 is 0 Å². The van der Waals surface area contributed by atoms with Crippen molar-refractivity contribution >= 4 is 38.3 Å². The molecular formula is C30H28F2N6O4S. The zero-order valence-electron chi connectivity index (χ0n) is 23.2. The maximum absolute atomic E-state index is 15.1. The first-order valence-electron chi connectivity index (χ1n) is 13.6. The third kappa shape index (κ3) is 6.13. The van der Waals surface area contributed by atoms with Crippen LogP contribution in [0.15, 0.2) is 76.4 Å². The van der Waals surface area contributed by atoms with Crippen LogP contribution in [-0.4, -0.2) is 61.0 Å². The molecule has 43 heavy (non-hydrogen) atoms. The summed E-state index contributed by atoms with van der Waals surface area (Å²) >= 11 is 0. The Balaban J connectivity index is 1.28. The first-order chi connectivity index (χ1) is 20.7. The summed E-state index contributed by atoms with van der Waals surface area (Å²) in [5, 5.41) is 9.02. The van der Waals surface area contributed by atoms with Gasteiger partial charge < -0.3 is 24.6 Å². The number of aromatic nitrogens is 3. The Bertz CT molecular complexity index is 1910. The van der Waals surface area contributed by atoms with E-state index in [0.29, 0.717) is 11.8 Å². The van der Waals surface area contributed by atoms with Crippen molar-refractivity contribution in [3.05, 3.63) is 89.9 Å². The number of amides is 1. The largest absolute Gasteiger partial charge is 0.360 e. The van der Waals surface area contributed by atoms with Gasteiger partial charge in [0.2, 0.25) is 5.91 Å². The molecule has 0 atom stereocenters. The molecule has 0 aliphatic carbocycles. The van der Waals surface area contributed by atoms with Crippen LogP contribution in [0.2, 0.25) is 0 Å². The minimum absolute atomic E-state index is 0.0519. The van der Waals surface area contributed by atoms with Crippen molar-refractivity contribution in [2.24, 2.45) is 0 Å². The minimum Gasteiger partial charge on any atom is -0.360 e. The van der Waals surface area contributed by atoms with Crippen molar-refractivity contribution in [2.45, 2.75) is 18.4 Å². The zero-order chi connectivity index (χ0) is 30.1. The van der Waals surface area contributed by atoms with E-state index in [0.717, 1.165) is 54.8 Å². The van der Waals surface area contributed by atoms with Crippen LogP contribution < -0.4 is 15.5 Å². The van der Waals surface area contributed by atoms with Crippen LogP contribution in [-0.2, 0) is 21.2 Å². The van der Waals surface area contributed by atoms with Gasteiger partial charge in [-0.05, 0) is 42.3 Å². The molecule has 13 heteroatoms. The molecule has 2 aromatic carbocycles. The molecule has 222 valence electrons. The van der Waals surface area contributed by atoms with Crippen LogP contribution in [0.3, 0.4) is 0 Å². The summed E-state index contributed by atoms with van der Waals surface area (Å²) in [6.45, 7) is 5.33. The van der Waals surface area contributed by atoms with E-state index in [-0.39, 0.29) is 23.3 Å². The number of nitrogens with zero attached hydrogens (tertiary/aromatic N) is 4. The van der Waals surface area contributed by atoms with Crippen molar-refractivity contribution in [3.8, 4) is 11.1 Å². The third-order valence-corrected chi connectivity index (χ3v) is 8.84. The first-order valence-corrected chi connectivity index (χ1v) is 15.3. The van der Waals surface area contributed by atoms with Crippen molar-refractivity contribution in [1.82, 2.24) is 20.0 Å². The molecule has 1 amide bonds. The summed E-state index contributed by atoms with van der Waals surface area (Å²) < 4.78 is 62.4. The molecule has 0 spiro atoms. The number of carbonyl (C=O) groups excluding carboxylic acids is 1. The standard InChI is InChI=1S/C30H28F2N6O4S/c1-19-11-27(36-42-19)35-29(39)18-43(40,41)26-17-38(25-14-23(31)13-24(32)30(25)26)16-20-3-2-4-21(12-20)22-5-6-28(34-15-22)37-9-7-33-8-10-37/h2-6,11-15,17,33H,7-10,16,18H2,1H3,(H,35,36,39). The number of fused-ring (bicyclic) bond motifs is 1. The molecule has 5 aromatic rings. The maximum Gasteiger partial charge on any atom is 0.241 e. The van der Waals surface area contributed by atoms with Crippen LogP contribution in [0, 0.1) is 18.6 Å². The average Bonchev–Trinajstić information content (AvgIpc) is 3.56. The zero-order valence-corrected chi connectivity index (χ0v) is 24.0. The van der Waals surface area contributed by atoms with Gasteiger partial charge >= 0.3 is 0 Å². The highest BCUT2D eigenvalue weighted by molar-refractivity contribution is 7.92. The molecule has 2 N–H and O–H groups in total. The molecule has 10 nitrogen and oxygen atoms in total. The quantitative estimate of drug-likeness (QED) is 0.270. The van der Waals surface area contributed by atoms with E-state index in [1.807, 2.05) is 42.6 Å². The lowest BCUT2D eigenvalue weighted by Crippen LogP contribution is -2.43. The number of anilines is 2. The van der Waals surface area contributed by atoms with E-state index < -0.39 is 38.0 Å². The number of pyridine rings is 1. The van der Waals surface area contributed by atoms with Crippen molar-refractivity contribution in [3.63, 3.8) is 0 Å². The molecule has 1 aliphatic rings. The number of sulfone groups is 1. The molecule has 4 heterocycles. The average molecular weight is 607 g/mol. The summed E-state index contributed by atoms with van der Waals surface area (Å²) in [4.78, 5) is 19.0. The van der Waals surface area contributed by atoms with Gasteiger partial charge in [0, 0.05) is 62.8 Å². The molecular weight excluding hydrogens is 578 g/mol. The highest BCUT2D eigenvalue weighted by Crippen LogP contribution is 2.31. The van der Waals surface area contributed by atoms with Gasteiger partial charge in [-0.1, -0.05) is 23.4 Å². The van der Waals surface area contributed by atoms with Gasteiger partial charge in [0.1, 0.15) is 29.0 Å². The summed E-state index contributed by atoms with van der Waals surface area (Å²) in [7, 11) is -4.34. The van der Waals surface area contributed by atoms with E-state index in [2.05, 4.69) is 25.7 Å². The van der Waals surface area contributed by atoms with Crippen molar-refractivity contribution < 1.29 is 26.5 Å². The Labute approximate surface area is 246 Å². The fourth-order valence-electron chi connectivity index (χ4n) is 5.21. The Kier molecular flexibility index (Phi) is 7.67. The highest BCUT2D eigenvalue weighted by Gasteiger charge is 2.27. The number of hydrogen-bond acceptors (Lipinski definition) is 8. The second-order valence-corrected chi connectivity index (χ2v) is 12.3. The van der Waals surface area contributed by atoms with Crippen LogP contribution in [0.1, 0.15) is 11.3 Å². The lowest BCUT2D eigenvalue weighted by atomic mass is 10.0.